The molecule has 0 spiro atoms. The summed E-state index contributed by atoms with van der Waals surface area (Å²) in [6.45, 7) is 3.63. The lowest BCUT2D eigenvalue weighted by Gasteiger charge is -2.25. The summed E-state index contributed by atoms with van der Waals surface area (Å²) < 4.78 is 13.1. The lowest BCUT2D eigenvalue weighted by molar-refractivity contribution is -0.139. The third kappa shape index (κ3) is 4.68. The summed E-state index contributed by atoms with van der Waals surface area (Å²) in [5, 5.41) is 1.22. The van der Waals surface area contributed by atoms with Crippen LogP contribution in [0.4, 0.5) is 0 Å². The van der Waals surface area contributed by atoms with Crippen LogP contribution in [0.1, 0.15) is 31.2 Å². The molecule has 3 heterocycles. The number of aromatic nitrogens is 1. The van der Waals surface area contributed by atoms with Gasteiger partial charge in [-0.2, -0.15) is 0 Å². The van der Waals surface area contributed by atoms with E-state index in [4.69, 9.17) is 44.0 Å². The Balaban J connectivity index is 1.66. The average Bonchev–Trinajstić information content (AvgIpc) is 3.45. The van der Waals surface area contributed by atoms with Gasteiger partial charge in [0.05, 0.1) is 32.5 Å². The van der Waals surface area contributed by atoms with Crippen molar-refractivity contribution in [3.63, 3.8) is 0 Å². The zero-order valence-electron chi connectivity index (χ0n) is 19.6. The van der Waals surface area contributed by atoms with Gasteiger partial charge in [-0.1, -0.05) is 70.4 Å². The second-order valence-corrected chi connectivity index (χ2v) is 10.3. The SMILES string of the molecule is CCOC(=O)C1=C(C)N=c2s/c(=C\c3ccc(-c4cccc(Cl)c4Cl)o3)c(=O)n2[C@H]1c1ccccc1Cl. The number of nitrogens with zero attached hydrogens (tertiary/aromatic N) is 2. The second kappa shape index (κ2) is 10.3. The zero-order chi connectivity index (χ0) is 26.3. The lowest BCUT2D eigenvalue weighted by atomic mass is 9.96. The monoisotopic (exact) mass is 572 g/mol. The smallest absolute Gasteiger partial charge is 0.338 e. The van der Waals surface area contributed by atoms with Crippen molar-refractivity contribution in [1.82, 2.24) is 4.57 Å². The van der Waals surface area contributed by atoms with Crippen molar-refractivity contribution in [3.8, 4) is 11.3 Å². The Hall–Kier alpha value is -3.10. The van der Waals surface area contributed by atoms with Crippen LogP contribution in [-0.4, -0.2) is 17.1 Å². The first-order valence-corrected chi connectivity index (χ1v) is 13.2. The summed E-state index contributed by atoms with van der Waals surface area (Å²) in [5.41, 5.74) is 1.65. The molecule has 0 amide bonds. The molecular formula is C27H19Cl3N2O4S. The van der Waals surface area contributed by atoms with E-state index in [9.17, 15) is 9.59 Å². The number of allylic oxidation sites excluding steroid dienone is 1. The molecule has 1 aliphatic rings. The molecule has 0 aliphatic carbocycles. The summed E-state index contributed by atoms with van der Waals surface area (Å²) >= 11 is 20.2. The number of rotatable bonds is 5. The number of furan rings is 1. The Kier molecular flexibility index (Phi) is 7.14. The maximum absolute atomic E-state index is 13.7. The van der Waals surface area contributed by atoms with Crippen molar-refractivity contribution in [2.24, 2.45) is 4.99 Å². The standard InChI is InChI=1S/C27H19Cl3N2O4S/c1-3-35-26(34)22-14(2)31-27-32(24(22)16-7-4-5-9-18(16)28)25(33)21(37-27)13-15-11-12-20(36-15)17-8-6-10-19(29)23(17)30/h4-13,24H,3H2,1-2H3/b21-13-/t24-/m0/s1. The minimum Gasteiger partial charge on any atom is -0.463 e. The van der Waals surface area contributed by atoms with Gasteiger partial charge in [-0.3, -0.25) is 9.36 Å². The van der Waals surface area contributed by atoms with E-state index in [1.165, 1.54) is 15.9 Å². The van der Waals surface area contributed by atoms with Gasteiger partial charge in [-0.15, -0.1) is 0 Å². The van der Waals surface area contributed by atoms with Crippen LogP contribution in [-0.2, 0) is 9.53 Å². The predicted molar refractivity (Wildman–Crippen MR) is 146 cm³/mol. The third-order valence-corrected chi connectivity index (χ3v) is 7.98. The number of esters is 1. The highest BCUT2D eigenvalue weighted by atomic mass is 35.5. The predicted octanol–water partition coefficient (Wildman–Crippen LogP) is 6.02. The Morgan fingerprint density at radius 2 is 1.86 bits per heavy atom. The molecule has 0 saturated heterocycles. The van der Waals surface area contributed by atoms with Crippen LogP contribution in [0.3, 0.4) is 0 Å². The molecule has 10 heteroatoms. The van der Waals surface area contributed by atoms with Gasteiger partial charge < -0.3 is 9.15 Å². The first-order valence-electron chi connectivity index (χ1n) is 11.3. The van der Waals surface area contributed by atoms with E-state index in [0.29, 0.717) is 52.7 Å². The molecule has 0 radical (unpaired) electrons. The van der Waals surface area contributed by atoms with Crippen molar-refractivity contribution in [2.45, 2.75) is 19.9 Å². The highest BCUT2D eigenvalue weighted by Gasteiger charge is 2.34. The summed E-state index contributed by atoms with van der Waals surface area (Å²) in [7, 11) is 0. The molecule has 0 N–H and O–H groups in total. The molecule has 4 aromatic rings. The molecule has 0 bridgehead atoms. The minimum atomic E-state index is -0.788. The molecular weight excluding hydrogens is 555 g/mol. The molecule has 5 rings (SSSR count). The number of thiazole rings is 1. The number of hydrogen-bond acceptors (Lipinski definition) is 6. The average molecular weight is 574 g/mol. The molecule has 0 saturated carbocycles. The Morgan fingerprint density at radius 3 is 2.62 bits per heavy atom. The Labute approximate surface area is 230 Å². The number of hydrogen-bond donors (Lipinski definition) is 0. The Bertz CT molecular complexity index is 1750. The number of fused-ring (bicyclic) bond motifs is 1. The van der Waals surface area contributed by atoms with E-state index < -0.39 is 12.0 Å². The van der Waals surface area contributed by atoms with Crippen molar-refractivity contribution >= 4 is 58.2 Å². The van der Waals surface area contributed by atoms with E-state index in [0.717, 1.165) is 0 Å². The van der Waals surface area contributed by atoms with Gasteiger partial charge in [-0.25, -0.2) is 9.79 Å². The van der Waals surface area contributed by atoms with Crippen molar-refractivity contribution in [1.29, 1.82) is 0 Å². The van der Waals surface area contributed by atoms with E-state index in [-0.39, 0.29) is 17.7 Å². The largest absolute Gasteiger partial charge is 0.463 e. The molecule has 2 aromatic carbocycles. The summed E-state index contributed by atoms with van der Waals surface area (Å²) in [4.78, 5) is 31.7. The number of ether oxygens (including phenoxy) is 1. The molecule has 6 nitrogen and oxygen atoms in total. The molecule has 2 aromatic heterocycles. The fourth-order valence-electron chi connectivity index (χ4n) is 4.18. The summed E-state index contributed by atoms with van der Waals surface area (Å²) in [5.74, 6) is 0.421. The summed E-state index contributed by atoms with van der Waals surface area (Å²) in [6.07, 6.45) is 1.64. The fraction of sp³-hybridized carbons (Fsp3) is 0.148. The molecule has 188 valence electrons. The third-order valence-electron chi connectivity index (χ3n) is 5.83. The maximum atomic E-state index is 13.7. The number of benzene rings is 2. The second-order valence-electron chi connectivity index (χ2n) is 8.13. The van der Waals surface area contributed by atoms with Crippen LogP contribution in [0.2, 0.25) is 15.1 Å². The van der Waals surface area contributed by atoms with E-state index in [2.05, 4.69) is 4.99 Å². The quantitative estimate of drug-likeness (QED) is 0.274. The number of carbonyl (C=O) groups is 1. The van der Waals surface area contributed by atoms with E-state index in [1.807, 2.05) is 0 Å². The molecule has 37 heavy (non-hydrogen) atoms. The van der Waals surface area contributed by atoms with Gasteiger partial charge in [0.1, 0.15) is 17.6 Å². The van der Waals surface area contributed by atoms with Crippen LogP contribution < -0.4 is 14.9 Å². The van der Waals surface area contributed by atoms with Crippen LogP contribution in [0.15, 0.2) is 80.1 Å². The fourth-order valence-corrected chi connectivity index (χ4v) is 5.84. The van der Waals surface area contributed by atoms with Crippen LogP contribution in [0.5, 0.6) is 0 Å². The number of carbonyl (C=O) groups excluding carboxylic acids is 1. The van der Waals surface area contributed by atoms with Crippen molar-refractivity contribution in [3.05, 3.63) is 112 Å². The zero-order valence-corrected chi connectivity index (χ0v) is 22.7. The highest BCUT2D eigenvalue weighted by molar-refractivity contribution is 7.07. The molecule has 0 unspecified atom stereocenters. The van der Waals surface area contributed by atoms with Gasteiger partial charge in [0, 0.05) is 16.7 Å². The minimum absolute atomic E-state index is 0.187. The van der Waals surface area contributed by atoms with Gasteiger partial charge in [0.15, 0.2) is 4.80 Å². The van der Waals surface area contributed by atoms with Crippen LogP contribution in [0, 0.1) is 0 Å². The first-order chi connectivity index (χ1) is 17.8. The maximum Gasteiger partial charge on any atom is 0.338 e. The molecule has 1 aliphatic heterocycles. The number of halogens is 3. The van der Waals surface area contributed by atoms with Gasteiger partial charge in [0.2, 0.25) is 0 Å². The van der Waals surface area contributed by atoms with Crippen molar-refractivity contribution in [2.75, 3.05) is 6.61 Å². The molecule has 1 atom stereocenters. The van der Waals surface area contributed by atoms with Crippen LogP contribution >= 0.6 is 46.1 Å². The van der Waals surface area contributed by atoms with Gasteiger partial charge in [0.25, 0.3) is 5.56 Å². The van der Waals surface area contributed by atoms with Gasteiger partial charge in [-0.05, 0) is 49.7 Å². The normalized spacial score (nSPS) is 15.5. The van der Waals surface area contributed by atoms with Crippen LogP contribution in [0.25, 0.3) is 17.4 Å². The highest BCUT2D eigenvalue weighted by Crippen LogP contribution is 2.35. The van der Waals surface area contributed by atoms with Gasteiger partial charge >= 0.3 is 5.97 Å². The molecule has 0 fully saturated rings. The lowest BCUT2D eigenvalue weighted by Crippen LogP contribution is -2.40. The topological polar surface area (TPSA) is 73.8 Å². The van der Waals surface area contributed by atoms with E-state index in [1.54, 1.807) is 74.5 Å². The van der Waals surface area contributed by atoms with Crippen molar-refractivity contribution < 1.29 is 13.9 Å². The first kappa shape index (κ1) is 25.5. The summed E-state index contributed by atoms with van der Waals surface area (Å²) in [6, 6.07) is 15.1. The Morgan fingerprint density at radius 1 is 1.11 bits per heavy atom. The van der Waals surface area contributed by atoms with E-state index >= 15 is 0 Å².